The first-order chi connectivity index (χ1) is 10.8. The first kappa shape index (κ1) is 13.5. The molecule has 2 aliphatic rings. The second-order valence-electron chi connectivity index (χ2n) is 5.84. The number of aromatic nitrogens is 3. The summed E-state index contributed by atoms with van der Waals surface area (Å²) in [4.78, 5) is 13.8. The third kappa shape index (κ3) is 2.39. The van der Waals surface area contributed by atoms with Gasteiger partial charge in [-0.1, -0.05) is 17.3 Å². The fourth-order valence-electron chi connectivity index (χ4n) is 3.25. The van der Waals surface area contributed by atoms with Crippen molar-refractivity contribution in [3.8, 4) is 11.5 Å². The molecule has 0 aromatic carbocycles. The summed E-state index contributed by atoms with van der Waals surface area (Å²) in [5, 5.41) is 3.89. The first-order valence-corrected chi connectivity index (χ1v) is 7.71. The summed E-state index contributed by atoms with van der Waals surface area (Å²) >= 11 is 0. The summed E-state index contributed by atoms with van der Waals surface area (Å²) in [5.41, 5.74) is 0.920. The second kappa shape index (κ2) is 5.53. The van der Waals surface area contributed by atoms with Gasteiger partial charge in [-0.3, -0.25) is 4.90 Å². The van der Waals surface area contributed by atoms with Crippen LogP contribution in [0.15, 0.2) is 35.0 Å². The van der Waals surface area contributed by atoms with Crippen LogP contribution in [0.25, 0.3) is 11.5 Å². The molecule has 6 heteroatoms. The Hall–Kier alpha value is -2.21. The molecule has 22 heavy (non-hydrogen) atoms. The van der Waals surface area contributed by atoms with Crippen molar-refractivity contribution in [2.24, 2.45) is 0 Å². The second-order valence-corrected chi connectivity index (χ2v) is 5.84. The Morgan fingerprint density at radius 2 is 2.14 bits per heavy atom. The van der Waals surface area contributed by atoms with Gasteiger partial charge in [-0.2, -0.15) is 4.98 Å². The van der Waals surface area contributed by atoms with Crippen LogP contribution >= 0.6 is 0 Å². The molecule has 1 fully saturated rings. The van der Waals surface area contributed by atoms with E-state index in [4.69, 9.17) is 4.52 Å². The molecule has 6 nitrogen and oxygen atoms in total. The summed E-state index contributed by atoms with van der Waals surface area (Å²) in [6.07, 6.45) is 7.49. The van der Waals surface area contributed by atoms with E-state index < -0.39 is 0 Å². The molecular formula is C16H19N5O. The van der Waals surface area contributed by atoms with Crippen LogP contribution in [0.4, 0.5) is 5.82 Å². The van der Waals surface area contributed by atoms with Gasteiger partial charge in [-0.25, -0.2) is 4.98 Å². The average molecular weight is 297 g/mol. The fourth-order valence-corrected chi connectivity index (χ4v) is 3.25. The van der Waals surface area contributed by atoms with Crippen LogP contribution in [0.1, 0.15) is 12.2 Å². The lowest BCUT2D eigenvalue weighted by Crippen LogP contribution is -2.35. The van der Waals surface area contributed by atoms with E-state index in [2.05, 4.69) is 37.1 Å². The van der Waals surface area contributed by atoms with Crippen LogP contribution in [0.3, 0.4) is 0 Å². The molecule has 0 N–H and O–H groups in total. The lowest BCUT2D eigenvalue weighted by atomic mass is 10.2. The SMILES string of the molecule is Cc1noc(-c2cccnc2N2CC[C@@H](N3CC=CC3)C2)n1. The van der Waals surface area contributed by atoms with Crippen molar-refractivity contribution in [1.82, 2.24) is 20.0 Å². The monoisotopic (exact) mass is 297 g/mol. The van der Waals surface area contributed by atoms with Crippen LogP contribution in [-0.2, 0) is 0 Å². The van der Waals surface area contributed by atoms with Crippen LogP contribution in [0.5, 0.6) is 0 Å². The first-order valence-electron chi connectivity index (χ1n) is 7.71. The highest BCUT2D eigenvalue weighted by Crippen LogP contribution is 2.31. The zero-order valence-corrected chi connectivity index (χ0v) is 12.6. The van der Waals surface area contributed by atoms with Gasteiger partial charge in [0.2, 0.25) is 0 Å². The number of hydrogen-bond donors (Lipinski definition) is 0. The smallest absolute Gasteiger partial charge is 0.261 e. The van der Waals surface area contributed by atoms with Crippen LogP contribution in [0, 0.1) is 6.92 Å². The van der Waals surface area contributed by atoms with E-state index in [0.717, 1.165) is 37.6 Å². The molecule has 0 amide bonds. The van der Waals surface area contributed by atoms with E-state index in [9.17, 15) is 0 Å². The maximum atomic E-state index is 5.33. The van der Waals surface area contributed by atoms with Gasteiger partial charge in [-0.05, 0) is 25.5 Å². The van der Waals surface area contributed by atoms with E-state index in [0.29, 0.717) is 17.8 Å². The van der Waals surface area contributed by atoms with Gasteiger partial charge < -0.3 is 9.42 Å². The van der Waals surface area contributed by atoms with Gasteiger partial charge in [0.25, 0.3) is 5.89 Å². The van der Waals surface area contributed by atoms with Crippen LogP contribution in [0.2, 0.25) is 0 Å². The Morgan fingerprint density at radius 3 is 2.91 bits per heavy atom. The summed E-state index contributed by atoms with van der Waals surface area (Å²) in [6, 6.07) is 4.50. The number of rotatable bonds is 3. The summed E-state index contributed by atoms with van der Waals surface area (Å²) in [7, 11) is 0. The number of anilines is 1. The normalized spacial score (nSPS) is 21.9. The Labute approximate surface area is 129 Å². The highest BCUT2D eigenvalue weighted by Gasteiger charge is 2.30. The molecule has 1 atom stereocenters. The molecule has 2 aromatic rings. The van der Waals surface area contributed by atoms with Crippen LogP contribution < -0.4 is 4.90 Å². The van der Waals surface area contributed by atoms with Crippen molar-refractivity contribution < 1.29 is 4.52 Å². The third-order valence-corrected chi connectivity index (χ3v) is 4.37. The Morgan fingerprint density at radius 1 is 1.27 bits per heavy atom. The minimum absolute atomic E-state index is 0.548. The molecule has 0 saturated carbocycles. The van der Waals surface area contributed by atoms with E-state index in [1.807, 2.05) is 25.3 Å². The van der Waals surface area contributed by atoms with Gasteiger partial charge in [0.1, 0.15) is 5.82 Å². The van der Waals surface area contributed by atoms with Gasteiger partial charge in [0.15, 0.2) is 5.82 Å². The van der Waals surface area contributed by atoms with Crippen LogP contribution in [-0.4, -0.2) is 52.2 Å². The van der Waals surface area contributed by atoms with Crippen molar-refractivity contribution in [1.29, 1.82) is 0 Å². The van der Waals surface area contributed by atoms with Crippen molar-refractivity contribution in [3.63, 3.8) is 0 Å². The molecular weight excluding hydrogens is 278 g/mol. The number of nitrogens with zero attached hydrogens (tertiary/aromatic N) is 5. The summed E-state index contributed by atoms with van der Waals surface area (Å²) < 4.78 is 5.33. The fraction of sp³-hybridized carbons (Fsp3) is 0.438. The molecule has 0 spiro atoms. The molecule has 2 aromatic heterocycles. The lowest BCUT2D eigenvalue weighted by molar-refractivity contribution is 0.271. The Balaban J connectivity index is 1.58. The maximum Gasteiger partial charge on any atom is 0.261 e. The van der Waals surface area contributed by atoms with Gasteiger partial charge >= 0.3 is 0 Å². The average Bonchev–Trinajstić information content (AvgIpc) is 3.28. The number of pyridine rings is 1. The molecule has 0 radical (unpaired) electrons. The van der Waals surface area contributed by atoms with Crippen molar-refractivity contribution >= 4 is 5.82 Å². The zero-order valence-electron chi connectivity index (χ0n) is 12.6. The van der Waals surface area contributed by atoms with Gasteiger partial charge in [-0.15, -0.1) is 0 Å². The molecule has 4 heterocycles. The van der Waals surface area contributed by atoms with E-state index in [1.165, 1.54) is 6.42 Å². The number of hydrogen-bond acceptors (Lipinski definition) is 6. The van der Waals surface area contributed by atoms with Gasteiger partial charge in [0.05, 0.1) is 5.56 Å². The Kier molecular flexibility index (Phi) is 3.38. The Bertz CT molecular complexity index is 687. The predicted octanol–water partition coefficient (Wildman–Crippen LogP) is 1.89. The zero-order chi connectivity index (χ0) is 14.9. The van der Waals surface area contributed by atoms with E-state index >= 15 is 0 Å². The molecule has 0 bridgehead atoms. The molecule has 4 rings (SSSR count). The molecule has 0 aliphatic carbocycles. The van der Waals surface area contributed by atoms with E-state index in [1.54, 1.807) is 0 Å². The van der Waals surface area contributed by atoms with Crippen molar-refractivity contribution in [2.45, 2.75) is 19.4 Å². The highest BCUT2D eigenvalue weighted by atomic mass is 16.5. The maximum absolute atomic E-state index is 5.33. The minimum atomic E-state index is 0.548. The predicted molar refractivity (Wildman–Crippen MR) is 83.6 cm³/mol. The number of aryl methyl sites for hydroxylation is 1. The standard InChI is InChI=1S/C16H19N5O/c1-12-18-16(22-19-12)14-5-4-7-17-15(14)21-10-6-13(11-21)20-8-2-3-9-20/h2-5,7,13H,6,8-11H2,1H3/t13-/m1/s1. The van der Waals surface area contributed by atoms with Crippen molar-refractivity contribution in [2.75, 3.05) is 31.1 Å². The molecule has 1 saturated heterocycles. The molecule has 114 valence electrons. The molecule has 0 unspecified atom stereocenters. The topological polar surface area (TPSA) is 58.3 Å². The minimum Gasteiger partial charge on any atom is -0.354 e. The third-order valence-electron chi connectivity index (χ3n) is 4.37. The highest BCUT2D eigenvalue weighted by molar-refractivity contribution is 5.70. The largest absolute Gasteiger partial charge is 0.354 e. The quantitative estimate of drug-likeness (QED) is 0.806. The van der Waals surface area contributed by atoms with Gasteiger partial charge in [0, 0.05) is 38.4 Å². The van der Waals surface area contributed by atoms with E-state index in [-0.39, 0.29) is 0 Å². The van der Waals surface area contributed by atoms with Crippen molar-refractivity contribution in [3.05, 3.63) is 36.3 Å². The molecule has 2 aliphatic heterocycles. The summed E-state index contributed by atoms with van der Waals surface area (Å²) in [5.74, 6) is 2.14. The lowest BCUT2D eigenvalue weighted by Gasteiger charge is -2.24. The summed E-state index contributed by atoms with van der Waals surface area (Å²) in [6.45, 7) is 5.97.